The molecule has 6 heteroatoms. The Labute approximate surface area is 125 Å². The summed E-state index contributed by atoms with van der Waals surface area (Å²) in [5.74, 6) is 0.233. The number of ether oxygens (including phenoxy) is 1. The Balaban J connectivity index is 1.87. The molecule has 0 bridgehead atoms. The molecule has 0 radical (unpaired) electrons. The normalized spacial score (nSPS) is 10.4. The highest BCUT2D eigenvalue weighted by atomic mass is 32.1. The maximum atomic E-state index is 13.3. The summed E-state index contributed by atoms with van der Waals surface area (Å²) in [7, 11) is 1.54. The van der Waals surface area contributed by atoms with Crippen molar-refractivity contribution in [2.75, 3.05) is 12.4 Å². The lowest BCUT2D eigenvalue weighted by molar-refractivity contribution is 0.416. The molecule has 106 valence electrons. The van der Waals surface area contributed by atoms with Gasteiger partial charge in [-0.1, -0.05) is 0 Å². The largest absolute Gasteiger partial charge is 0.495 e. The summed E-state index contributed by atoms with van der Waals surface area (Å²) in [5, 5.41) is 5.66. The second kappa shape index (κ2) is 5.88. The van der Waals surface area contributed by atoms with E-state index in [1.54, 1.807) is 25.6 Å². The molecule has 0 aliphatic rings. The molecule has 21 heavy (non-hydrogen) atoms. The maximum Gasteiger partial charge on any atom is 0.187 e. The molecule has 2 heterocycles. The Bertz CT molecular complexity index is 746. The Morgan fingerprint density at radius 1 is 1.29 bits per heavy atom. The summed E-state index contributed by atoms with van der Waals surface area (Å²) in [6, 6.07) is 8.11. The molecule has 1 aromatic carbocycles. The van der Waals surface area contributed by atoms with Crippen molar-refractivity contribution in [3.63, 3.8) is 0 Å². The zero-order valence-electron chi connectivity index (χ0n) is 11.2. The van der Waals surface area contributed by atoms with Gasteiger partial charge in [-0.25, -0.2) is 9.37 Å². The van der Waals surface area contributed by atoms with Gasteiger partial charge in [0.1, 0.15) is 11.6 Å². The van der Waals surface area contributed by atoms with E-state index in [1.165, 1.54) is 23.5 Å². The van der Waals surface area contributed by atoms with Crippen LogP contribution >= 0.6 is 11.3 Å². The van der Waals surface area contributed by atoms with Crippen LogP contribution in [0.25, 0.3) is 11.3 Å². The quantitative estimate of drug-likeness (QED) is 0.788. The fraction of sp³-hybridized carbons (Fsp3) is 0.0667. The third-order valence-corrected chi connectivity index (χ3v) is 3.62. The van der Waals surface area contributed by atoms with E-state index in [2.05, 4.69) is 15.3 Å². The highest BCUT2D eigenvalue weighted by molar-refractivity contribution is 7.14. The van der Waals surface area contributed by atoms with Crippen molar-refractivity contribution in [2.24, 2.45) is 0 Å². The van der Waals surface area contributed by atoms with Gasteiger partial charge in [-0.05, 0) is 24.3 Å². The zero-order chi connectivity index (χ0) is 14.7. The third kappa shape index (κ3) is 3.00. The van der Waals surface area contributed by atoms with Gasteiger partial charge >= 0.3 is 0 Å². The van der Waals surface area contributed by atoms with Gasteiger partial charge in [0.15, 0.2) is 5.13 Å². The predicted molar refractivity (Wildman–Crippen MR) is 81.6 cm³/mol. The summed E-state index contributed by atoms with van der Waals surface area (Å²) in [6.45, 7) is 0. The van der Waals surface area contributed by atoms with Gasteiger partial charge in [0, 0.05) is 29.4 Å². The molecule has 0 saturated heterocycles. The van der Waals surface area contributed by atoms with Crippen LogP contribution in [0, 0.1) is 5.82 Å². The smallest absolute Gasteiger partial charge is 0.187 e. The van der Waals surface area contributed by atoms with Crippen LogP contribution in [0.3, 0.4) is 0 Å². The molecule has 0 atom stereocenters. The first kappa shape index (κ1) is 13.5. The molecule has 2 aromatic heterocycles. The monoisotopic (exact) mass is 301 g/mol. The molecule has 0 saturated carbocycles. The number of hydrogen-bond acceptors (Lipinski definition) is 5. The van der Waals surface area contributed by atoms with Crippen molar-refractivity contribution in [3.05, 3.63) is 53.9 Å². The molecule has 0 spiro atoms. The number of pyridine rings is 1. The van der Waals surface area contributed by atoms with E-state index in [0.29, 0.717) is 16.6 Å². The van der Waals surface area contributed by atoms with E-state index in [0.717, 1.165) is 11.3 Å². The highest BCUT2D eigenvalue weighted by Crippen LogP contribution is 2.31. The number of nitrogens with zero attached hydrogens (tertiary/aromatic N) is 2. The van der Waals surface area contributed by atoms with Crippen molar-refractivity contribution in [1.29, 1.82) is 0 Å². The van der Waals surface area contributed by atoms with Crippen molar-refractivity contribution >= 4 is 22.2 Å². The number of nitrogens with one attached hydrogen (secondary N) is 1. The number of rotatable bonds is 4. The molecule has 0 aliphatic heterocycles. The Morgan fingerprint density at radius 2 is 2.19 bits per heavy atom. The van der Waals surface area contributed by atoms with Crippen LogP contribution < -0.4 is 10.1 Å². The van der Waals surface area contributed by atoms with Crippen molar-refractivity contribution < 1.29 is 9.13 Å². The maximum absolute atomic E-state index is 13.3. The number of anilines is 2. The predicted octanol–water partition coefficient (Wildman–Crippen LogP) is 4.10. The Morgan fingerprint density at radius 3 is 2.95 bits per heavy atom. The zero-order valence-corrected chi connectivity index (χ0v) is 12.0. The van der Waals surface area contributed by atoms with Crippen LogP contribution in [0.5, 0.6) is 5.75 Å². The van der Waals surface area contributed by atoms with Crippen LogP contribution in [-0.4, -0.2) is 17.1 Å². The topological polar surface area (TPSA) is 47.0 Å². The Kier molecular flexibility index (Phi) is 3.79. The fourth-order valence-electron chi connectivity index (χ4n) is 1.87. The number of hydrogen-bond donors (Lipinski definition) is 1. The first-order valence-electron chi connectivity index (χ1n) is 6.23. The van der Waals surface area contributed by atoms with Crippen molar-refractivity contribution in [3.8, 4) is 17.0 Å². The highest BCUT2D eigenvalue weighted by Gasteiger charge is 2.09. The summed E-state index contributed by atoms with van der Waals surface area (Å²) in [5.41, 5.74) is 2.31. The number of benzene rings is 1. The minimum atomic E-state index is -0.331. The molecule has 0 fully saturated rings. The standard InChI is InChI=1S/C15H12FN3OS/c1-20-14-5-4-11(16)7-12(14)18-15-19-13(9-21-15)10-3-2-6-17-8-10/h2-9H,1H3,(H,18,19). The van der Waals surface area contributed by atoms with Crippen LogP contribution in [0.2, 0.25) is 0 Å². The molecule has 1 N–H and O–H groups in total. The molecule has 0 aliphatic carbocycles. The van der Waals surface area contributed by atoms with Crippen LogP contribution in [0.4, 0.5) is 15.2 Å². The second-order valence-electron chi connectivity index (χ2n) is 4.25. The van der Waals surface area contributed by atoms with Crippen LogP contribution in [0.15, 0.2) is 48.1 Å². The number of aromatic nitrogens is 2. The van der Waals surface area contributed by atoms with Gasteiger partial charge in [0.05, 0.1) is 18.5 Å². The third-order valence-electron chi connectivity index (χ3n) is 2.86. The van der Waals surface area contributed by atoms with E-state index in [-0.39, 0.29) is 5.82 Å². The molecule has 0 amide bonds. The summed E-state index contributed by atoms with van der Waals surface area (Å²) >= 11 is 1.44. The lowest BCUT2D eigenvalue weighted by atomic mass is 10.2. The average Bonchev–Trinajstić information content (AvgIpc) is 2.97. The molecule has 3 aromatic rings. The van der Waals surface area contributed by atoms with Crippen molar-refractivity contribution in [1.82, 2.24) is 9.97 Å². The number of methoxy groups -OCH3 is 1. The molecular weight excluding hydrogens is 289 g/mol. The SMILES string of the molecule is COc1ccc(F)cc1Nc1nc(-c2cccnc2)cs1. The summed E-state index contributed by atoms with van der Waals surface area (Å²) < 4.78 is 18.5. The minimum Gasteiger partial charge on any atom is -0.495 e. The molecule has 3 rings (SSSR count). The molecule has 0 unspecified atom stereocenters. The minimum absolute atomic E-state index is 0.331. The first-order valence-corrected chi connectivity index (χ1v) is 7.11. The lowest BCUT2D eigenvalue weighted by Crippen LogP contribution is -1.95. The van der Waals surface area contributed by atoms with Gasteiger partial charge in [0.25, 0.3) is 0 Å². The molecular formula is C15H12FN3OS. The summed E-state index contributed by atoms with van der Waals surface area (Å²) in [6.07, 6.45) is 3.47. The summed E-state index contributed by atoms with van der Waals surface area (Å²) in [4.78, 5) is 8.54. The van der Waals surface area contributed by atoms with Gasteiger partial charge in [0.2, 0.25) is 0 Å². The van der Waals surface area contributed by atoms with Gasteiger partial charge < -0.3 is 10.1 Å². The van der Waals surface area contributed by atoms with E-state index >= 15 is 0 Å². The van der Waals surface area contributed by atoms with E-state index in [1.807, 2.05) is 17.5 Å². The Hall–Kier alpha value is -2.47. The van der Waals surface area contributed by atoms with Crippen molar-refractivity contribution in [2.45, 2.75) is 0 Å². The molecule has 4 nitrogen and oxygen atoms in total. The average molecular weight is 301 g/mol. The first-order chi connectivity index (χ1) is 10.3. The van der Waals surface area contributed by atoms with E-state index in [4.69, 9.17) is 4.74 Å². The van der Waals surface area contributed by atoms with Crippen LogP contribution in [-0.2, 0) is 0 Å². The lowest BCUT2D eigenvalue weighted by Gasteiger charge is -2.08. The van der Waals surface area contributed by atoms with Gasteiger partial charge in [-0.15, -0.1) is 11.3 Å². The number of halogens is 1. The fourth-order valence-corrected chi connectivity index (χ4v) is 2.60. The van der Waals surface area contributed by atoms with Crippen LogP contribution in [0.1, 0.15) is 0 Å². The number of thiazole rings is 1. The van der Waals surface area contributed by atoms with Gasteiger partial charge in [-0.2, -0.15) is 0 Å². The van der Waals surface area contributed by atoms with Gasteiger partial charge in [-0.3, -0.25) is 4.98 Å². The van der Waals surface area contributed by atoms with E-state index < -0.39 is 0 Å². The second-order valence-corrected chi connectivity index (χ2v) is 5.11. The van der Waals surface area contributed by atoms with E-state index in [9.17, 15) is 4.39 Å².